The normalized spacial score (nSPS) is 24.7. The molecule has 74 valence electrons. The first-order valence-corrected chi connectivity index (χ1v) is 4.69. The molecule has 0 aromatic rings. The van der Waals surface area contributed by atoms with E-state index in [0.717, 1.165) is 6.42 Å². The van der Waals surface area contributed by atoms with Crippen LogP contribution in [0.5, 0.6) is 0 Å². The number of nitrogens with one attached hydrogen (secondary N) is 1. The third kappa shape index (κ3) is 3.05. The summed E-state index contributed by atoms with van der Waals surface area (Å²) in [5, 5.41) is 2.77. The Kier molecular flexibility index (Phi) is 3.28. The summed E-state index contributed by atoms with van der Waals surface area (Å²) in [6.07, 6.45) is 1.39. The number of aliphatic imine (C=N–C) groups is 1. The molecule has 0 aromatic carbocycles. The van der Waals surface area contributed by atoms with Crippen molar-refractivity contribution in [3.8, 4) is 0 Å². The zero-order chi connectivity index (χ0) is 9.84. The van der Waals surface area contributed by atoms with Gasteiger partial charge in [0, 0.05) is 18.9 Å². The molecule has 1 rings (SSSR count). The van der Waals surface area contributed by atoms with E-state index < -0.39 is 0 Å². The first-order chi connectivity index (χ1) is 6.09. The van der Waals surface area contributed by atoms with E-state index in [1.807, 2.05) is 13.8 Å². The van der Waals surface area contributed by atoms with Crippen LogP contribution in [0.1, 0.15) is 26.7 Å². The number of carbonyl (C=O) groups is 1. The van der Waals surface area contributed by atoms with Crippen LogP contribution < -0.4 is 11.1 Å². The Balaban J connectivity index is 2.46. The largest absolute Gasteiger partial charge is 0.387 e. The molecule has 1 heterocycles. The highest BCUT2D eigenvalue weighted by atomic mass is 16.1. The summed E-state index contributed by atoms with van der Waals surface area (Å²) < 4.78 is 0. The lowest BCUT2D eigenvalue weighted by Crippen LogP contribution is -2.38. The van der Waals surface area contributed by atoms with Crippen LogP contribution in [0.2, 0.25) is 0 Å². The summed E-state index contributed by atoms with van der Waals surface area (Å²) in [5.74, 6) is 1.09. The van der Waals surface area contributed by atoms with Crippen molar-refractivity contribution >= 4 is 11.7 Å². The predicted octanol–water partition coefficient (Wildman–Crippen LogP) is 0.278. The molecule has 0 aromatic heterocycles. The molecule has 1 saturated heterocycles. The SMILES string of the molecule is CC(C)C(N)=NC1CCC(=O)NC1. The molecule has 0 aliphatic carbocycles. The van der Waals surface area contributed by atoms with E-state index in [0.29, 0.717) is 18.8 Å². The monoisotopic (exact) mass is 183 g/mol. The van der Waals surface area contributed by atoms with E-state index >= 15 is 0 Å². The van der Waals surface area contributed by atoms with Crippen LogP contribution in [0.25, 0.3) is 0 Å². The fourth-order valence-electron chi connectivity index (χ4n) is 1.19. The summed E-state index contributed by atoms with van der Waals surface area (Å²) >= 11 is 0. The van der Waals surface area contributed by atoms with Crippen LogP contribution in [0.4, 0.5) is 0 Å². The number of carbonyl (C=O) groups excluding carboxylic acids is 1. The van der Waals surface area contributed by atoms with E-state index in [4.69, 9.17) is 5.73 Å². The fraction of sp³-hybridized carbons (Fsp3) is 0.778. The quantitative estimate of drug-likeness (QED) is 0.477. The van der Waals surface area contributed by atoms with E-state index in [2.05, 4.69) is 10.3 Å². The summed E-state index contributed by atoms with van der Waals surface area (Å²) in [6.45, 7) is 4.66. The number of piperidine rings is 1. The number of hydrogen-bond acceptors (Lipinski definition) is 2. The van der Waals surface area contributed by atoms with Crippen molar-refractivity contribution < 1.29 is 4.79 Å². The average molecular weight is 183 g/mol. The van der Waals surface area contributed by atoms with Gasteiger partial charge in [-0.15, -0.1) is 0 Å². The van der Waals surface area contributed by atoms with Crippen LogP contribution in [0, 0.1) is 5.92 Å². The van der Waals surface area contributed by atoms with E-state index in [-0.39, 0.29) is 17.9 Å². The molecular weight excluding hydrogens is 166 g/mol. The Morgan fingerprint density at radius 3 is 2.85 bits per heavy atom. The van der Waals surface area contributed by atoms with Gasteiger partial charge in [0.25, 0.3) is 0 Å². The minimum Gasteiger partial charge on any atom is -0.387 e. The maximum atomic E-state index is 10.8. The number of nitrogens with zero attached hydrogens (tertiary/aromatic N) is 1. The summed E-state index contributed by atoms with van der Waals surface area (Å²) in [4.78, 5) is 15.2. The van der Waals surface area contributed by atoms with Gasteiger partial charge in [0.05, 0.1) is 11.9 Å². The topological polar surface area (TPSA) is 67.5 Å². The number of hydrogen-bond donors (Lipinski definition) is 2. The molecule has 0 bridgehead atoms. The molecule has 1 fully saturated rings. The van der Waals surface area contributed by atoms with Crippen molar-refractivity contribution in [1.82, 2.24) is 5.32 Å². The van der Waals surface area contributed by atoms with Gasteiger partial charge in [-0.2, -0.15) is 0 Å². The zero-order valence-corrected chi connectivity index (χ0v) is 8.21. The summed E-state index contributed by atoms with van der Waals surface area (Å²) in [6, 6.07) is 0.181. The molecule has 4 heteroatoms. The van der Waals surface area contributed by atoms with Crippen molar-refractivity contribution in [2.24, 2.45) is 16.6 Å². The highest BCUT2D eigenvalue weighted by molar-refractivity contribution is 5.82. The van der Waals surface area contributed by atoms with Crippen molar-refractivity contribution in [2.45, 2.75) is 32.7 Å². The van der Waals surface area contributed by atoms with Gasteiger partial charge < -0.3 is 11.1 Å². The highest BCUT2D eigenvalue weighted by Gasteiger charge is 2.17. The smallest absolute Gasteiger partial charge is 0.220 e. The number of amidine groups is 1. The molecule has 0 saturated carbocycles. The van der Waals surface area contributed by atoms with Crippen molar-refractivity contribution in [3.63, 3.8) is 0 Å². The maximum absolute atomic E-state index is 10.8. The molecule has 3 N–H and O–H groups in total. The van der Waals surface area contributed by atoms with E-state index in [1.54, 1.807) is 0 Å². The molecule has 1 aliphatic rings. The Bertz CT molecular complexity index is 213. The molecule has 1 unspecified atom stereocenters. The van der Waals surface area contributed by atoms with Gasteiger partial charge in [-0.3, -0.25) is 9.79 Å². The number of amides is 1. The third-order valence-electron chi connectivity index (χ3n) is 2.16. The van der Waals surface area contributed by atoms with Gasteiger partial charge in [-0.05, 0) is 6.42 Å². The lowest BCUT2D eigenvalue weighted by molar-refractivity contribution is -0.122. The zero-order valence-electron chi connectivity index (χ0n) is 8.21. The minimum absolute atomic E-state index is 0.120. The molecule has 13 heavy (non-hydrogen) atoms. The summed E-state index contributed by atoms with van der Waals surface area (Å²) in [5.41, 5.74) is 5.72. The Hall–Kier alpha value is -1.06. The van der Waals surface area contributed by atoms with Gasteiger partial charge in [0.15, 0.2) is 0 Å². The highest BCUT2D eigenvalue weighted by Crippen LogP contribution is 2.07. The average Bonchev–Trinajstić information content (AvgIpc) is 2.08. The first-order valence-electron chi connectivity index (χ1n) is 4.69. The van der Waals surface area contributed by atoms with Gasteiger partial charge in [-0.25, -0.2) is 0 Å². The molecule has 4 nitrogen and oxygen atoms in total. The standard InChI is InChI=1S/C9H17N3O/c1-6(2)9(10)12-7-3-4-8(13)11-5-7/h6-7H,3-5H2,1-2H3,(H2,10,12)(H,11,13). The predicted molar refractivity (Wildman–Crippen MR) is 52.5 cm³/mol. The van der Waals surface area contributed by atoms with E-state index in [9.17, 15) is 4.79 Å². The maximum Gasteiger partial charge on any atom is 0.220 e. The van der Waals surface area contributed by atoms with Gasteiger partial charge in [0.2, 0.25) is 5.91 Å². The molecule has 1 amide bonds. The van der Waals surface area contributed by atoms with Gasteiger partial charge in [0.1, 0.15) is 0 Å². The second-order valence-corrected chi connectivity index (χ2v) is 3.71. The Morgan fingerprint density at radius 1 is 1.69 bits per heavy atom. The third-order valence-corrected chi connectivity index (χ3v) is 2.16. The Labute approximate surface area is 78.6 Å². The second-order valence-electron chi connectivity index (χ2n) is 3.71. The van der Waals surface area contributed by atoms with Crippen LogP contribution >= 0.6 is 0 Å². The van der Waals surface area contributed by atoms with Crippen LogP contribution in [-0.2, 0) is 4.79 Å². The molecule has 0 radical (unpaired) electrons. The number of rotatable bonds is 2. The van der Waals surface area contributed by atoms with Crippen molar-refractivity contribution in [2.75, 3.05) is 6.54 Å². The van der Waals surface area contributed by atoms with E-state index in [1.165, 1.54) is 0 Å². The molecular formula is C9H17N3O. The first kappa shape index (κ1) is 10.0. The van der Waals surface area contributed by atoms with Crippen LogP contribution in [0.3, 0.4) is 0 Å². The second kappa shape index (κ2) is 4.25. The van der Waals surface area contributed by atoms with Crippen LogP contribution in [-0.4, -0.2) is 24.3 Å². The lowest BCUT2D eigenvalue weighted by Gasteiger charge is -2.20. The molecule has 1 aliphatic heterocycles. The lowest BCUT2D eigenvalue weighted by atomic mass is 10.1. The molecule has 0 spiro atoms. The Morgan fingerprint density at radius 2 is 2.38 bits per heavy atom. The summed E-state index contributed by atoms with van der Waals surface area (Å²) in [7, 11) is 0. The van der Waals surface area contributed by atoms with Crippen molar-refractivity contribution in [3.05, 3.63) is 0 Å². The fourth-order valence-corrected chi connectivity index (χ4v) is 1.19. The molecule has 1 atom stereocenters. The van der Waals surface area contributed by atoms with Gasteiger partial charge in [-0.1, -0.05) is 13.8 Å². The number of nitrogens with two attached hydrogens (primary N) is 1. The van der Waals surface area contributed by atoms with Gasteiger partial charge >= 0.3 is 0 Å². The minimum atomic E-state index is 0.120. The van der Waals surface area contributed by atoms with Crippen LogP contribution in [0.15, 0.2) is 4.99 Å². The van der Waals surface area contributed by atoms with Crippen molar-refractivity contribution in [1.29, 1.82) is 0 Å².